The van der Waals surface area contributed by atoms with Gasteiger partial charge < -0.3 is 0 Å². The van der Waals surface area contributed by atoms with Gasteiger partial charge in [-0.25, -0.2) is 0 Å². The maximum absolute atomic E-state index is 2.23. The largest absolute Gasteiger partial charge is 0.0845 e. The van der Waals surface area contributed by atoms with Crippen molar-refractivity contribution in [1.29, 1.82) is 0 Å². The lowest BCUT2D eigenvalue weighted by molar-refractivity contribution is 0.762. The third kappa shape index (κ3) is 6.24. The summed E-state index contributed by atoms with van der Waals surface area (Å²) >= 11 is 0. The fourth-order valence-electron chi connectivity index (χ4n) is 1.26. The molecular formula is C14H18. The van der Waals surface area contributed by atoms with Gasteiger partial charge in [0.05, 0.1) is 0 Å². The molecule has 1 aliphatic carbocycles. The van der Waals surface area contributed by atoms with E-state index in [9.17, 15) is 0 Å². The molecule has 0 saturated heterocycles. The molecule has 0 aromatic rings. The monoisotopic (exact) mass is 186 g/mol. The Kier molecular flexibility index (Phi) is 6.39. The molecule has 1 rings (SSSR count). The molecule has 0 bridgehead atoms. The highest BCUT2D eigenvalue weighted by Crippen LogP contribution is 2.02. The first-order chi connectivity index (χ1) is 7.00. The second-order valence-corrected chi connectivity index (χ2v) is 3.30. The van der Waals surface area contributed by atoms with Gasteiger partial charge >= 0.3 is 0 Å². The van der Waals surface area contributed by atoms with Crippen LogP contribution in [0, 0.1) is 0 Å². The van der Waals surface area contributed by atoms with Gasteiger partial charge in [0.15, 0.2) is 0 Å². The molecule has 0 aliphatic heterocycles. The number of hydrogen-bond acceptors (Lipinski definition) is 0. The molecule has 0 heterocycles. The molecular weight excluding hydrogens is 168 g/mol. The van der Waals surface area contributed by atoms with Gasteiger partial charge in [-0.15, -0.1) is 0 Å². The molecule has 0 fully saturated rings. The van der Waals surface area contributed by atoms with Crippen molar-refractivity contribution in [2.75, 3.05) is 0 Å². The minimum Gasteiger partial charge on any atom is -0.0845 e. The van der Waals surface area contributed by atoms with Crippen LogP contribution in [-0.4, -0.2) is 0 Å². The number of rotatable bonds is 0. The Balaban J connectivity index is 2.46. The first kappa shape index (κ1) is 10.8. The van der Waals surface area contributed by atoms with Gasteiger partial charge in [0.25, 0.3) is 0 Å². The maximum atomic E-state index is 2.23. The van der Waals surface area contributed by atoms with Crippen molar-refractivity contribution < 1.29 is 0 Å². The lowest BCUT2D eigenvalue weighted by Gasteiger charge is -1.91. The molecule has 0 nitrogen and oxygen atoms in total. The van der Waals surface area contributed by atoms with Crippen LogP contribution in [0.3, 0.4) is 0 Å². The fourth-order valence-corrected chi connectivity index (χ4v) is 1.26. The first-order valence-electron chi connectivity index (χ1n) is 5.32. The van der Waals surface area contributed by atoms with Crippen molar-refractivity contribution in [3.05, 3.63) is 60.8 Å². The maximum Gasteiger partial charge on any atom is -0.0347 e. The van der Waals surface area contributed by atoms with Crippen LogP contribution >= 0.6 is 0 Å². The van der Waals surface area contributed by atoms with Crippen LogP contribution in [0.25, 0.3) is 0 Å². The Morgan fingerprint density at radius 2 is 0.786 bits per heavy atom. The summed E-state index contributed by atoms with van der Waals surface area (Å²) in [7, 11) is 0. The average molecular weight is 186 g/mol. The average Bonchev–Trinajstić information content (AvgIpc) is 2.22. The third-order valence-electron chi connectivity index (χ3n) is 2.04. The van der Waals surface area contributed by atoms with Crippen LogP contribution in [0.1, 0.15) is 25.7 Å². The van der Waals surface area contributed by atoms with Crippen molar-refractivity contribution >= 4 is 0 Å². The Hall–Kier alpha value is -1.30. The quantitative estimate of drug-likeness (QED) is 0.528. The summed E-state index contributed by atoms with van der Waals surface area (Å²) in [5.74, 6) is 0. The Morgan fingerprint density at radius 1 is 0.429 bits per heavy atom. The van der Waals surface area contributed by atoms with Crippen LogP contribution < -0.4 is 0 Å². The summed E-state index contributed by atoms with van der Waals surface area (Å²) in [4.78, 5) is 0. The van der Waals surface area contributed by atoms with E-state index in [0.29, 0.717) is 0 Å². The van der Waals surface area contributed by atoms with Crippen LogP contribution in [-0.2, 0) is 0 Å². The minimum atomic E-state index is 1.19. The van der Waals surface area contributed by atoms with Gasteiger partial charge in [0.2, 0.25) is 0 Å². The summed E-state index contributed by atoms with van der Waals surface area (Å²) in [5.41, 5.74) is 0. The van der Waals surface area contributed by atoms with Gasteiger partial charge in [0, 0.05) is 0 Å². The van der Waals surface area contributed by atoms with E-state index in [1.54, 1.807) is 0 Å². The molecule has 1 aliphatic rings. The Labute approximate surface area is 87.0 Å². The summed E-state index contributed by atoms with van der Waals surface area (Å²) < 4.78 is 0. The molecule has 0 amide bonds. The molecule has 0 radical (unpaired) electrons. The first-order valence-corrected chi connectivity index (χ1v) is 5.32. The summed E-state index contributed by atoms with van der Waals surface area (Å²) in [6.07, 6.45) is 26.0. The molecule has 0 aromatic heterocycles. The SMILES string of the molecule is C1=CCCCC/C=C/C=C\C=C\C=C/1. The van der Waals surface area contributed by atoms with Crippen molar-refractivity contribution in [1.82, 2.24) is 0 Å². The number of allylic oxidation sites excluding steroid dienone is 10. The van der Waals surface area contributed by atoms with Crippen LogP contribution in [0.5, 0.6) is 0 Å². The zero-order valence-electron chi connectivity index (χ0n) is 8.60. The van der Waals surface area contributed by atoms with E-state index in [1.807, 2.05) is 12.2 Å². The van der Waals surface area contributed by atoms with E-state index in [2.05, 4.69) is 48.6 Å². The second kappa shape index (κ2) is 8.31. The van der Waals surface area contributed by atoms with E-state index >= 15 is 0 Å². The Bertz CT molecular complexity index is 234. The molecule has 0 atom stereocenters. The Morgan fingerprint density at radius 3 is 1.21 bits per heavy atom. The van der Waals surface area contributed by atoms with Crippen molar-refractivity contribution in [3.63, 3.8) is 0 Å². The van der Waals surface area contributed by atoms with Crippen LogP contribution in [0.15, 0.2) is 60.8 Å². The smallest absolute Gasteiger partial charge is 0.0347 e. The molecule has 0 spiro atoms. The second-order valence-electron chi connectivity index (χ2n) is 3.30. The van der Waals surface area contributed by atoms with Crippen LogP contribution in [0.2, 0.25) is 0 Å². The van der Waals surface area contributed by atoms with Gasteiger partial charge in [-0.3, -0.25) is 0 Å². The zero-order valence-corrected chi connectivity index (χ0v) is 8.60. The topological polar surface area (TPSA) is 0 Å². The van der Waals surface area contributed by atoms with Gasteiger partial charge in [-0.1, -0.05) is 60.8 Å². The van der Waals surface area contributed by atoms with Gasteiger partial charge in [0.1, 0.15) is 0 Å². The van der Waals surface area contributed by atoms with E-state index in [0.717, 1.165) is 0 Å². The summed E-state index contributed by atoms with van der Waals surface area (Å²) in [6.45, 7) is 0. The normalized spacial score (nSPS) is 27.4. The minimum absolute atomic E-state index is 1.19. The van der Waals surface area contributed by atoms with Crippen LogP contribution in [0.4, 0.5) is 0 Å². The lowest BCUT2D eigenvalue weighted by Crippen LogP contribution is -1.71. The molecule has 0 saturated carbocycles. The molecule has 0 N–H and O–H groups in total. The zero-order chi connectivity index (χ0) is 9.90. The molecule has 14 heavy (non-hydrogen) atoms. The van der Waals surface area contributed by atoms with Crippen molar-refractivity contribution in [2.24, 2.45) is 0 Å². The predicted octanol–water partition coefficient (Wildman–Crippen LogP) is 4.34. The molecule has 0 heteroatoms. The van der Waals surface area contributed by atoms with Crippen molar-refractivity contribution in [2.45, 2.75) is 25.7 Å². The van der Waals surface area contributed by atoms with Crippen molar-refractivity contribution in [3.8, 4) is 0 Å². The lowest BCUT2D eigenvalue weighted by atomic mass is 10.1. The molecule has 74 valence electrons. The van der Waals surface area contributed by atoms with E-state index in [4.69, 9.17) is 0 Å². The highest BCUT2D eigenvalue weighted by atomic mass is 13.9. The summed E-state index contributed by atoms with van der Waals surface area (Å²) in [6, 6.07) is 0. The fraction of sp³-hybridized carbons (Fsp3) is 0.286. The standard InChI is InChI=1S/C14H18/c1-2-4-6-8-10-12-14-13-11-9-7-5-3-1/h1-10H,11-14H2/b2-1+,5-3-,6-4-,9-7+,10-8?. The van der Waals surface area contributed by atoms with Gasteiger partial charge in [-0.2, -0.15) is 0 Å². The number of hydrogen-bond donors (Lipinski definition) is 0. The molecule has 0 aromatic carbocycles. The van der Waals surface area contributed by atoms with E-state index in [1.165, 1.54) is 25.7 Å². The van der Waals surface area contributed by atoms with Gasteiger partial charge in [-0.05, 0) is 25.7 Å². The van der Waals surface area contributed by atoms with E-state index < -0.39 is 0 Å². The highest BCUT2D eigenvalue weighted by Gasteiger charge is 1.82. The summed E-state index contributed by atoms with van der Waals surface area (Å²) in [5, 5.41) is 0. The third-order valence-corrected chi connectivity index (χ3v) is 2.04. The highest BCUT2D eigenvalue weighted by molar-refractivity contribution is 5.17. The predicted molar refractivity (Wildman–Crippen MR) is 64.2 cm³/mol. The van der Waals surface area contributed by atoms with E-state index in [-0.39, 0.29) is 0 Å². The molecule has 0 unspecified atom stereocenters.